The quantitative estimate of drug-likeness (QED) is 0.589. The number of nitrogens with one attached hydrogen (secondary N) is 2. The Bertz CT molecular complexity index is 1060. The molecule has 3 heterocycles. The van der Waals surface area contributed by atoms with Crippen molar-refractivity contribution in [2.75, 3.05) is 30.4 Å². The Balaban J connectivity index is 1.38. The van der Waals surface area contributed by atoms with Crippen LogP contribution < -0.4 is 15.5 Å². The predicted molar refractivity (Wildman–Crippen MR) is 121 cm³/mol. The van der Waals surface area contributed by atoms with Gasteiger partial charge in [-0.1, -0.05) is 24.3 Å². The van der Waals surface area contributed by atoms with E-state index in [0.717, 1.165) is 11.1 Å². The average molecular weight is 436 g/mol. The van der Waals surface area contributed by atoms with Crippen LogP contribution in [0.2, 0.25) is 0 Å². The number of carbonyl (C=O) groups excluding carboxylic acids is 1. The first kappa shape index (κ1) is 21.6. The molecule has 0 aliphatic carbocycles. The van der Waals surface area contributed by atoms with Crippen LogP contribution in [0.25, 0.3) is 11.4 Å². The van der Waals surface area contributed by atoms with E-state index < -0.39 is 6.67 Å². The first-order valence-corrected chi connectivity index (χ1v) is 10.7. The standard InChI is InChI=1S/C23H26FN7O/c1-25-22-28-20(16-6-10-26-11-7-16)29-23(30-22)31-12-8-17(9-13-31)21(32)27-15-19-5-3-2-4-18(19)14-24/h2-7,10-11,17H,8-9,12-15H2,1H3,(H,27,32)(H,25,28,29,30). The Morgan fingerprint density at radius 2 is 1.78 bits per heavy atom. The number of rotatable bonds is 7. The fourth-order valence-electron chi connectivity index (χ4n) is 3.78. The monoisotopic (exact) mass is 435 g/mol. The number of halogens is 1. The molecule has 32 heavy (non-hydrogen) atoms. The van der Waals surface area contributed by atoms with Gasteiger partial charge in [-0.05, 0) is 36.1 Å². The SMILES string of the molecule is CNc1nc(-c2ccncc2)nc(N2CCC(C(=O)NCc3ccccc3CF)CC2)n1. The molecule has 0 bridgehead atoms. The highest BCUT2D eigenvalue weighted by atomic mass is 19.1. The molecule has 1 aliphatic rings. The summed E-state index contributed by atoms with van der Waals surface area (Å²) < 4.78 is 13.1. The van der Waals surface area contributed by atoms with Crippen LogP contribution in [-0.4, -0.2) is 46.0 Å². The topological polar surface area (TPSA) is 95.9 Å². The summed E-state index contributed by atoms with van der Waals surface area (Å²) in [6.07, 6.45) is 4.80. The van der Waals surface area contributed by atoms with Crippen LogP contribution in [-0.2, 0) is 18.0 Å². The third-order valence-electron chi connectivity index (χ3n) is 5.65. The first-order valence-electron chi connectivity index (χ1n) is 10.7. The van der Waals surface area contributed by atoms with Crippen LogP contribution in [0.15, 0.2) is 48.8 Å². The van der Waals surface area contributed by atoms with E-state index in [1.54, 1.807) is 31.6 Å². The van der Waals surface area contributed by atoms with E-state index in [-0.39, 0.29) is 11.8 Å². The smallest absolute Gasteiger partial charge is 0.230 e. The molecule has 4 rings (SSSR count). The molecule has 9 heteroatoms. The molecule has 2 N–H and O–H groups in total. The summed E-state index contributed by atoms with van der Waals surface area (Å²) in [5.41, 5.74) is 2.29. The molecule has 0 saturated carbocycles. The maximum Gasteiger partial charge on any atom is 0.230 e. The van der Waals surface area contributed by atoms with Crippen LogP contribution in [0, 0.1) is 5.92 Å². The molecule has 0 atom stereocenters. The van der Waals surface area contributed by atoms with Crippen molar-refractivity contribution in [1.29, 1.82) is 0 Å². The lowest BCUT2D eigenvalue weighted by molar-refractivity contribution is -0.125. The number of aromatic nitrogens is 4. The van der Waals surface area contributed by atoms with E-state index in [0.29, 0.717) is 55.8 Å². The van der Waals surface area contributed by atoms with Gasteiger partial charge in [0, 0.05) is 50.6 Å². The van der Waals surface area contributed by atoms with E-state index in [1.165, 1.54) is 0 Å². The second-order valence-electron chi connectivity index (χ2n) is 7.65. The van der Waals surface area contributed by atoms with Gasteiger partial charge in [0.2, 0.25) is 17.8 Å². The van der Waals surface area contributed by atoms with Crippen LogP contribution in [0.3, 0.4) is 0 Å². The molecule has 0 spiro atoms. The van der Waals surface area contributed by atoms with Gasteiger partial charge in [0.15, 0.2) is 5.82 Å². The lowest BCUT2D eigenvalue weighted by atomic mass is 9.96. The van der Waals surface area contributed by atoms with Gasteiger partial charge >= 0.3 is 0 Å². The molecule has 1 fully saturated rings. The molecule has 0 unspecified atom stereocenters. The second kappa shape index (κ2) is 10.1. The lowest BCUT2D eigenvalue weighted by Gasteiger charge is -2.31. The summed E-state index contributed by atoms with van der Waals surface area (Å²) in [6.45, 7) is 1.14. The van der Waals surface area contributed by atoms with Gasteiger partial charge < -0.3 is 15.5 Å². The van der Waals surface area contributed by atoms with Crippen LogP contribution >= 0.6 is 0 Å². The van der Waals surface area contributed by atoms with Crippen molar-refractivity contribution in [2.24, 2.45) is 5.92 Å². The van der Waals surface area contributed by atoms with Crippen LogP contribution in [0.1, 0.15) is 24.0 Å². The summed E-state index contributed by atoms with van der Waals surface area (Å²) in [5.74, 6) is 1.57. The highest BCUT2D eigenvalue weighted by Gasteiger charge is 2.27. The number of piperidine rings is 1. The Morgan fingerprint density at radius 1 is 1.06 bits per heavy atom. The van der Waals surface area contributed by atoms with Crippen molar-refractivity contribution in [3.63, 3.8) is 0 Å². The molecule has 166 valence electrons. The van der Waals surface area contributed by atoms with Gasteiger partial charge in [0.05, 0.1) is 0 Å². The maximum atomic E-state index is 13.1. The highest BCUT2D eigenvalue weighted by Crippen LogP contribution is 2.24. The summed E-state index contributed by atoms with van der Waals surface area (Å²) in [4.78, 5) is 32.4. The number of carbonyl (C=O) groups is 1. The number of amides is 1. The lowest BCUT2D eigenvalue weighted by Crippen LogP contribution is -2.41. The Morgan fingerprint density at radius 3 is 2.47 bits per heavy atom. The third-order valence-corrected chi connectivity index (χ3v) is 5.65. The number of alkyl halides is 1. The number of anilines is 2. The van der Waals surface area contributed by atoms with E-state index >= 15 is 0 Å². The van der Waals surface area contributed by atoms with E-state index in [2.05, 4.69) is 35.5 Å². The molecule has 8 nitrogen and oxygen atoms in total. The molecule has 1 saturated heterocycles. The van der Waals surface area contributed by atoms with Crippen molar-refractivity contribution >= 4 is 17.8 Å². The number of pyridine rings is 1. The number of benzene rings is 1. The number of hydrogen-bond acceptors (Lipinski definition) is 7. The molecule has 3 aromatic rings. The molecule has 1 aromatic carbocycles. The Labute approximate surface area is 186 Å². The van der Waals surface area contributed by atoms with Gasteiger partial charge in [0.25, 0.3) is 0 Å². The third kappa shape index (κ3) is 4.99. The molecule has 0 radical (unpaired) electrons. The normalized spacial score (nSPS) is 14.2. The molecular formula is C23H26FN7O. The molecule has 1 amide bonds. The van der Waals surface area contributed by atoms with Gasteiger partial charge in [-0.3, -0.25) is 9.78 Å². The Kier molecular flexibility index (Phi) is 6.84. The maximum absolute atomic E-state index is 13.1. The number of nitrogens with zero attached hydrogens (tertiary/aromatic N) is 5. The average Bonchev–Trinajstić information content (AvgIpc) is 2.87. The van der Waals surface area contributed by atoms with Crippen molar-refractivity contribution in [3.8, 4) is 11.4 Å². The number of hydrogen-bond donors (Lipinski definition) is 2. The first-order chi connectivity index (χ1) is 15.7. The summed E-state index contributed by atoms with van der Waals surface area (Å²) in [7, 11) is 1.77. The van der Waals surface area contributed by atoms with Gasteiger partial charge in [-0.15, -0.1) is 0 Å². The fraction of sp³-hybridized carbons (Fsp3) is 0.348. The summed E-state index contributed by atoms with van der Waals surface area (Å²) in [5, 5.41) is 5.96. The van der Waals surface area contributed by atoms with Crippen molar-refractivity contribution < 1.29 is 9.18 Å². The summed E-state index contributed by atoms with van der Waals surface area (Å²) in [6, 6.07) is 11.0. The second-order valence-corrected chi connectivity index (χ2v) is 7.65. The minimum absolute atomic E-state index is 0.00217. The van der Waals surface area contributed by atoms with Crippen LogP contribution in [0.4, 0.5) is 16.3 Å². The van der Waals surface area contributed by atoms with Crippen molar-refractivity contribution in [1.82, 2.24) is 25.3 Å². The molecular weight excluding hydrogens is 409 g/mol. The van der Waals surface area contributed by atoms with E-state index in [4.69, 9.17) is 0 Å². The van der Waals surface area contributed by atoms with Gasteiger partial charge in [-0.2, -0.15) is 15.0 Å². The highest BCUT2D eigenvalue weighted by molar-refractivity contribution is 5.79. The molecule has 2 aromatic heterocycles. The van der Waals surface area contributed by atoms with Crippen molar-refractivity contribution in [2.45, 2.75) is 26.1 Å². The van der Waals surface area contributed by atoms with Crippen LogP contribution in [0.5, 0.6) is 0 Å². The predicted octanol–water partition coefficient (Wildman–Crippen LogP) is 2.98. The summed E-state index contributed by atoms with van der Waals surface area (Å²) >= 11 is 0. The van der Waals surface area contributed by atoms with E-state index in [1.807, 2.05) is 24.3 Å². The Hall–Kier alpha value is -3.62. The minimum Gasteiger partial charge on any atom is -0.357 e. The van der Waals surface area contributed by atoms with Gasteiger partial charge in [0.1, 0.15) is 6.67 Å². The van der Waals surface area contributed by atoms with Gasteiger partial charge in [-0.25, -0.2) is 4.39 Å². The molecule has 1 aliphatic heterocycles. The zero-order valence-corrected chi connectivity index (χ0v) is 18.0. The zero-order valence-electron chi connectivity index (χ0n) is 18.0. The van der Waals surface area contributed by atoms with E-state index in [9.17, 15) is 9.18 Å². The fourth-order valence-corrected chi connectivity index (χ4v) is 3.78. The zero-order chi connectivity index (χ0) is 22.3. The van der Waals surface area contributed by atoms with Crippen molar-refractivity contribution in [3.05, 3.63) is 59.9 Å². The largest absolute Gasteiger partial charge is 0.357 e. The minimum atomic E-state index is -0.535.